The van der Waals surface area contributed by atoms with Crippen molar-refractivity contribution in [3.05, 3.63) is 35.9 Å². The third-order valence-electron chi connectivity index (χ3n) is 3.72. The van der Waals surface area contributed by atoms with Crippen molar-refractivity contribution in [2.45, 2.75) is 37.6 Å². The van der Waals surface area contributed by atoms with Crippen LogP contribution in [0, 0.1) is 0 Å². The number of benzene rings is 1. The van der Waals surface area contributed by atoms with Crippen molar-refractivity contribution in [3.8, 4) is 0 Å². The van der Waals surface area contributed by atoms with Crippen molar-refractivity contribution < 1.29 is 18.3 Å². The van der Waals surface area contributed by atoms with Gasteiger partial charge in [0, 0.05) is 0 Å². The topological polar surface area (TPSA) is 83.5 Å². The number of carbonyl (C=O) groups is 1. The number of carboxylic acids is 1. The zero-order valence-corrected chi connectivity index (χ0v) is 12.0. The van der Waals surface area contributed by atoms with Gasteiger partial charge in [0.05, 0.1) is 5.75 Å². The molecular weight excluding hydrogens is 278 g/mol. The lowest BCUT2D eigenvalue weighted by molar-refractivity contribution is -0.143. The monoisotopic (exact) mass is 297 g/mol. The summed E-state index contributed by atoms with van der Waals surface area (Å²) in [5.41, 5.74) is -0.371. The first-order valence-electron chi connectivity index (χ1n) is 6.73. The van der Waals surface area contributed by atoms with E-state index in [1.54, 1.807) is 0 Å². The van der Waals surface area contributed by atoms with E-state index in [0.717, 1.165) is 18.4 Å². The van der Waals surface area contributed by atoms with Crippen LogP contribution in [0.5, 0.6) is 0 Å². The summed E-state index contributed by atoms with van der Waals surface area (Å²) in [5, 5.41) is 9.29. The number of nitrogens with one attached hydrogen (secondary N) is 1. The first-order chi connectivity index (χ1) is 9.44. The van der Waals surface area contributed by atoms with Crippen molar-refractivity contribution >= 4 is 16.0 Å². The lowest BCUT2D eigenvalue weighted by Crippen LogP contribution is -2.53. The predicted molar refractivity (Wildman–Crippen MR) is 75.9 cm³/mol. The molecule has 0 bridgehead atoms. The van der Waals surface area contributed by atoms with E-state index in [9.17, 15) is 18.3 Å². The van der Waals surface area contributed by atoms with E-state index < -0.39 is 21.5 Å². The smallest absolute Gasteiger partial charge is 0.324 e. The molecule has 1 aromatic carbocycles. The Morgan fingerprint density at radius 3 is 2.35 bits per heavy atom. The average molecular weight is 297 g/mol. The molecule has 1 aliphatic rings. The molecule has 0 amide bonds. The van der Waals surface area contributed by atoms with E-state index in [4.69, 9.17) is 0 Å². The standard InChI is InChI=1S/C14H19NO4S/c16-13(17)14(9-4-5-10-14)15-20(18,19)11-8-12-6-2-1-3-7-12/h1-3,6-7,15H,4-5,8-11H2,(H,16,17). The molecule has 6 heteroatoms. The lowest BCUT2D eigenvalue weighted by atomic mass is 10.0. The van der Waals surface area contributed by atoms with Crippen LogP contribution in [0.1, 0.15) is 31.2 Å². The van der Waals surface area contributed by atoms with Gasteiger partial charge in [-0.2, -0.15) is 4.72 Å². The van der Waals surface area contributed by atoms with Gasteiger partial charge in [0.25, 0.3) is 0 Å². The second-order valence-corrected chi connectivity index (χ2v) is 7.09. The first-order valence-corrected chi connectivity index (χ1v) is 8.38. The highest BCUT2D eigenvalue weighted by molar-refractivity contribution is 7.89. The summed E-state index contributed by atoms with van der Waals surface area (Å²) in [6.45, 7) is 0. The van der Waals surface area contributed by atoms with Crippen LogP contribution >= 0.6 is 0 Å². The number of sulfonamides is 1. The van der Waals surface area contributed by atoms with Crippen LogP contribution in [-0.2, 0) is 21.2 Å². The molecule has 2 rings (SSSR count). The minimum absolute atomic E-state index is 0.0912. The third-order valence-corrected chi connectivity index (χ3v) is 5.16. The summed E-state index contributed by atoms with van der Waals surface area (Å²) in [6, 6.07) is 9.29. The maximum Gasteiger partial charge on any atom is 0.324 e. The molecule has 2 N–H and O–H groups in total. The molecule has 1 aliphatic carbocycles. The highest BCUT2D eigenvalue weighted by Crippen LogP contribution is 2.30. The predicted octanol–water partition coefficient (Wildman–Crippen LogP) is 1.55. The Balaban J connectivity index is 2.02. The summed E-state index contributed by atoms with van der Waals surface area (Å²) in [7, 11) is -3.60. The van der Waals surface area contributed by atoms with Gasteiger partial charge in [0.2, 0.25) is 10.0 Å². The van der Waals surface area contributed by atoms with Crippen molar-refractivity contribution in [1.82, 2.24) is 4.72 Å². The van der Waals surface area contributed by atoms with Crippen molar-refractivity contribution in [2.75, 3.05) is 5.75 Å². The molecular formula is C14H19NO4S. The van der Waals surface area contributed by atoms with Gasteiger partial charge in [-0.25, -0.2) is 8.42 Å². The number of aliphatic carboxylic acids is 1. The molecule has 1 aromatic rings. The van der Waals surface area contributed by atoms with Gasteiger partial charge < -0.3 is 5.11 Å². The Labute approximate surface area is 119 Å². The third kappa shape index (κ3) is 3.58. The zero-order chi connectivity index (χ0) is 14.6. The molecule has 0 radical (unpaired) electrons. The number of carboxylic acid groups (broad SMARTS) is 1. The molecule has 110 valence electrons. The molecule has 1 saturated carbocycles. The zero-order valence-electron chi connectivity index (χ0n) is 11.2. The molecule has 0 saturated heterocycles. The summed E-state index contributed by atoms with van der Waals surface area (Å²) >= 11 is 0. The number of aryl methyl sites for hydroxylation is 1. The Kier molecular flexibility index (Phi) is 4.45. The van der Waals surface area contributed by atoms with Crippen LogP contribution in [0.4, 0.5) is 0 Å². The lowest BCUT2D eigenvalue weighted by Gasteiger charge is -2.25. The minimum atomic E-state index is -3.60. The summed E-state index contributed by atoms with van der Waals surface area (Å²) in [6.07, 6.45) is 2.60. The van der Waals surface area contributed by atoms with E-state index in [1.165, 1.54) is 0 Å². The molecule has 20 heavy (non-hydrogen) atoms. The summed E-state index contributed by atoms with van der Waals surface area (Å²) in [5.74, 6) is -1.16. The Morgan fingerprint density at radius 1 is 1.20 bits per heavy atom. The van der Waals surface area contributed by atoms with Gasteiger partial charge in [0.1, 0.15) is 5.54 Å². The highest BCUT2D eigenvalue weighted by Gasteiger charge is 2.44. The molecule has 0 unspecified atom stereocenters. The van der Waals surface area contributed by atoms with Gasteiger partial charge in [0.15, 0.2) is 0 Å². The van der Waals surface area contributed by atoms with Crippen LogP contribution < -0.4 is 4.72 Å². The molecule has 0 aliphatic heterocycles. The Morgan fingerprint density at radius 2 is 1.80 bits per heavy atom. The molecule has 5 nitrogen and oxygen atoms in total. The van der Waals surface area contributed by atoms with Crippen LogP contribution in [0.15, 0.2) is 30.3 Å². The van der Waals surface area contributed by atoms with E-state index in [0.29, 0.717) is 19.3 Å². The SMILES string of the molecule is O=C(O)C1(NS(=O)(=O)CCc2ccccc2)CCCC1. The van der Waals surface area contributed by atoms with Gasteiger partial charge in [-0.05, 0) is 24.8 Å². The number of rotatable bonds is 6. The van der Waals surface area contributed by atoms with Gasteiger partial charge >= 0.3 is 5.97 Å². The second kappa shape index (κ2) is 5.93. The summed E-state index contributed by atoms with van der Waals surface area (Å²) < 4.78 is 26.6. The summed E-state index contributed by atoms with van der Waals surface area (Å²) in [4.78, 5) is 11.3. The Hall–Kier alpha value is -1.40. The van der Waals surface area contributed by atoms with Crippen molar-refractivity contribution in [1.29, 1.82) is 0 Å². The van der Waals surface area contributed by atoms with Gasteiger partial charge in [-0.15, -0.1) is 0 Å². The van der Waals surface area contributed by atoms with Crippen molar-refractivity contribution in [3.63, 3.8) is 0 Å². The first kappa shape index (κ1) is 15.0. The molecule has 0 atom stereocenters. The fourth-order valence-electron chi connectivity index (χ4n) is 2.58. The van der Waals surface area contributed by atoms with E-state index >= 15 is 0 Å². The van der Waals surface area contributed by atoms with Gasteiger partial charge in [-0.1, -0.05) is 43.2 Å². The van der Waals surface area contributed by atoms with E-state index in [2.05, 4.69) is 4.72 Å². The van der Waals surface area contributed by atoms with Crippen LogP contribution in [-0.4, -0.2) is 30.8 Å². The van der Waals surface area contributed by atoms with Crippen molar-refractivity contribution in [2.24, 2.45) is 0 Å². The molecule has 0 heterocycles. The van der Waals surface area contributed by atoms with E-state index in [-0.39, 0.29) is 5.75 Å². The Bertz CT molecular complexity index is 562. The normalized spacial score (nSPS) is 18.0. The highest BCUT2D eigenvalue weighted by atomic mass is 32.2. The fraction of sp³-hybridized carbons (Fsp3) is 0.500. The molecule has 1 fully saturated rings. The van der Waals surface area contributed by atoms with Crippen LogP contribution in [0.2, 0.25) is 0 Å². The number of hydrogen-bond donors (Lipinski definition) is 2. The van der Waals surface area contributed by atoms with Crippen LogP contribution in [0.25, 0.3) is 0 Å². The number of hydrogen-bond acceptors (Lipinski definition) is 3. The quantitative estimate of drug-likeness (QED) is 0.834. The van der Waals surface area contributed by atoms with Gasteiger partial charge in [-0.3, -0.25) is 4.79 Å². The molecule has 0 aromatic heterocycles. The van der Waals surface area contributed by atoms with E-state index in [1.807, 2.05) is 30.3 Å². The maximum atomic E-state index is 12.1. The maximum absolute atomic E-state index is 12.1. The minimum Gasteiger partial charge on any atom is -0.480 e. The largest absolute Gasteiger partial charge is 0.480 e. The second-order valence-electron chi connectivity index (χ2n) is 5.25. The van der Waals surface area contributed by atoms with Crippen LogP contribution in [0.3, 0.4) is 0 Å². The molecule has 0 spiro atoms. The average Bonchev–Trinajstić information content (AvgIpc) is 2.87. The fourth-order valence-corrected chi connectivity index (χ4v) is 4.08.